The number of hydrogen-bond donors (Lipinski definition) is 1. The van der Waals surface area contributed by atoms with E-state index in [1.165, 1.54) is 63.4 Å². The topological polar surface area (TPSA) is 20.2 Å². The molecule has 20 heavy (non-hydrogen) atoms. The predicted molar refractivity (Wildman–Crippen MR) is 86.7 cm³/mol. The summed E-state index contributed by atoms with van der Waals surface area (Å²) in [5, 5.41) is 10.7. The van der Waals surface area contributed by atoms with E-state index >= 15 is 0 Å². The van der Waals surface area contributed by atoms with E-state index in [0.29, 0.717) is 5.92 Å². The quantitative estimate of drug-likeness (QED) is 0.605. The molecule has 0 radical (unpaired) electrons. The largest absolute Gasteiger partial charge is 0.392 e. The van der Waals surface area contributed by atoms with Gasteiger partial charge in [0.15, 0.2) is 0 Å². The van der Waals surface area contributed by atoms with Gasteiger partial charge in [-0.3, -0.25) is 0 Å². The molecule has 1 heteroatoms. The Morgan fingerprint density at radius 1 is 1.20 bits per heavy atom. The second-order valence-corrected chi connectivity index (χ2v) is 6.65. The van der Waals surface area contributed by atoms with E-state index in [1.807, 2.05) is 0 Å². The Bertz CT molecular complexity index is 364. The maximum absolute atomic E-state index is 10.7. The summed E-state index contributed by atoms with van der Waals surface area (Å²) in [4.78, 5) is 0. The highest BCUT2D eigenvalue weighted by Gasteiger charge is 2.32. The van der Waals surface area contributed by atoms with E-state index in [4.69, 9.17) is 0 Å². The van der Waals surface area contributed by atoms with Crippen molar-refractivity contribution in [2.45, 2.75) is 90.6 Å². The van der Waals surface area contributed by atoms with Gasteiger partial charge in [-0.05, 0) is 57.8 Å². The number of unbranched alkanes of at least 4 members (excludes halogenated alkanes) is 1. The number of aliphatic hydroxyl groups excluding tert-OH is 1. The molecule has 0 aromatic heterocycles. The van der Waals surface area contributed by atoms with Gasteiger partial charge in [-0.25, -0.2) is 0 Å². The molecule has 0 aromatic carbocycles. The molecule has 2 aliphatic carbocycles. The summed E-state index contributed by atoms with van der Waals surface area (Å²) in [6.45, 7) is 4.47. The number of allylic oxidation sites excluding steroid dienone is 2. The monoisotopic (exact) mass is 276 g/mol. The molecule has 1 N–H and O–H groups in total. The second-order valence-electron chi connectivity index (χ2n) is 6.65. The molecule has 0 saturated heterocycles. The highest BCUT2D eigenvalue weighted by molar-refractivity contribution is 5.26. The van der Waals surface area contributed by atoms with Crippen LogP contribution in [-0.2, 0) is 0 Å². The predicted octanol–water partition coefficient (Wildman–Crippen LogP) is 5.54. The first-order valence-corrected chi connectivity index (χ1v) is 8.83. The molecule has 0 heterocycles. The lowest BCUT2D eigenvalue weighted by atomic mass is 9.84. The third kappa shape index (κ3) is 3.97. The second kappa shape index (κ2) is 8.02. The van der Waals surface area contributed by atoms with Gasteiger partial charge >= 0.3 is 0 Å². The SMILES string of the molecule is CCC/C=C(\CCC)C[C@H](O)[C@H]1CCC2=C1CCCC2. The molecule has 0 fully saturated rings. The summed E-state index contributed by atoms with van der Waals surface area (Å²) in [5.41, 5.74) is 4.84. The minimum Gasteiger partial charge on any atom is -0.392 e. The Kier molecular flexibility index (Phi) is 6.35. The zero-order valence-corrected chi connectivity index (χ0v) is 13.5. The van der Waals surface area contributed by atoms with Gasteiger partial charge in [0.05, 0.1) is 6.10 Å². The summed E-state index contributed by atoms with van der Waals surface area (Å²) in [6, 6.07) is 0. The molecule has 0 amide bonds. The van der Waals surface area contributed by atoms with Crippen molar-refractivity contribution in [3.8, 4) is 0 Å². The van der Waals surface area contributed by atoms with E-state index in [0.717, 1.165) is 12.8 Å². The van der Waals surface area contributed by atoms with Crippen molar-refractivity contribution < 1.29 is 5.11 Å². The Morgan fingerprint density at radius 2 is 2.00 bits per heavy atom. The average molecular weight is 276 g/mol. The standard InChI is InChI=1S/C19H32O/c1-3-5-9-15(8-4-2)14-19(20)18-13-12-16-10-6-7-11-17(16)18/h9,18-20H,3-8,10-14H2,1-2H3/b15-9+/t18-,19-/m0/s1. The molecule has 0 spiro atoms. The lowest BCUT2D eigenvalue weighted by Crippen LogP contribution is -2.21. The summed E-state index contributed by atoms with van der Waals surface area (Å²) in [7, 11) is 0. The van der Waals surface area contributed by atoms with Crippen LogP contribution in [0.25, 0.3) is 0 Å². The normalized spacial score (nSPS) is 24.9. The van der Waals surface area contributed by atoms with Crippen molar-refractivity contribution in [1.29, 1.82) is 0 Å². The molecule has 114 valence electrons. The molecule has 0 saturated carbocycles. The van der Waals surface area contributed by atoms with E-state index < -0.39 is 0 Å². The molecule has 2 rings (SSSR count). The molecule has 0 unspecified atom stereocenters. The zero-order chi connectivity index (χ0) is 14.4. The van der Waals surface area contributed by atoms with Crippen LogP contribution in [0, 0.1) is 5.92 Å². The van der Waals surface area contributed by atoms with Gasteiger partial charge < -0.3 is 5.11 Å². The number of rotatable bonds is 7. The first-order chi connectivity index (χ1) is 9.76. The van der Waals surface area contributed by atoms with E-state index in [9.17, 15) is 5.11 Å². The fourth-order valence-corrected chi connectivity index (χ4v) is 4.02. The Balaban J connectivity index is 1.96. The van der Waals surface area contributed by atoms with Crippen LogP contribution in [-0.4, -0.2) is 11.2 Å². The molecule has 1 nitrogen and oxygen atoms in total. The minimum atomic E-state index is -0.129. The van der Waals surface area contributed by atoms with Crippen LogP contribution in [0.15, 0.2) is 22.8 Å². The maximum Gasteiger partial charge on any atom is 0.0642 e. The summed E-state index contributed by atoms with van der Waals surface area (Å²) in [5.74, 6) is 0.479. The van der Waals surface area contributed by atoms with E-state index in [2.05, 4.69) is 19.9 Å². The van der Waals surface area contributed by atoms with Crippen LogP contribution in [0.4, 0.5) is 0 Å². The molecule has 0 bridgehead atoms. The summed E-state index contributed by atoms with van der Waals surface area (Å²) < 4.78 is 0. The maximum atomic E-state index is 10.7. The van der Waals surface area contributed by atoms with Gasteiger partial charge in [-0.2, -0.15) is 0 Å². The highest BCUT2D eigenvalue weighted by atomic mass is 16.3. The Hall–Kier alpha value is -0.560. The smallest absolute Gasteiger partial charge is 0.0642 e. The third-order valence-electron chi connectivity index (χ3n) is 5.06. The van der Waals surface area contributed by atoms with Gasteiger partial charge in [0.1, 0.15) is 0 Å². The lowest BCUT2D eigenvalue weighted by molar-refractivity contribution is 0.122. The van der Waals surface area contributed by atoms with Crippen molar-refractivity contribution in [2.24, 2.45) is 5.92 Å². The Morgan fingerprint density at radius 3 is 2.75 bits per heavy atom. The fraction of sp³-hybridized carbons (Fsp3) is 0.789. The van der Waals surface area contributed by atoms with Crippen LogP contribution in [0.2, 0.25) is 0 Å². The van der Waals surface area contributed by atoms with Gasteiger partial charge in [0.2, 0.25) is 0 Å². The van der Waals surface area contributed by atoms with Gasteiger partial charge in [-0.1, -0.05) is 49.5 Å². The first-order valence-electron chi connectivity index (χ1n) is 8.83. The minimum absolute atomic E-state index is 0.129. The van der Waals surface area contributed by atoms with E-state index in [1.54, 1.807) is 11.1 Å². The molecule has 0 aliphatic heterocycles. The van der Waals surface area contributed by atoms with Gasteiger partial charge in [0.25, 0.3) is 0 Å². The van der Waals surface area contributed by atoms with Crippen LogP contribution >= 0.6 is 0 Å². The van der Waals surface area contributed by atoms with Crippen molar-refractivity contribution in [3.63, 3.8) is 0 Å². The van der Waals surface area contributed by atoms with Gasteiger partial charge in [-0.15, -0.1) is 0 Å². The zero-order valence-electron chi connectivity index (χ0n) is 13.5. The van der Waals surface area contributed by atoms with Crippen LogP contribution < -0.4 is 0 Å². The molecular formula is C19H32O. The van der Waals surface area contributed by atoms with Crippen molar-refractivity contribution in [1.82, 2.24) is 0 Å². The summed E-state index contributed by atoms with van der Waals surface area (Å²) >= 11 is 0. The highest BCUT2D eigenvalue weighted by Crippen LogP contribution is 2.43. The lowest BCUT2D eigenvalue weighted by Gasteiger charge is -2.25. The number of aliphatic hydroxyl groups is 1. The van der Waals surface area contributed by atoms with Crippen LogP contribution in [0.3, 0.4) is 0 Å². The average Bonchev–Trinajstić information content (AvgIpc) is 2.89. The van der Waals surface area contributed by atoms with Crippen molar-refractivity contribution in [3.05, 3.63) is 22.8 Å². The third-order valence-corrected chi connectivity index (χ3v) is 5.06. The van der Waals surface area contributed by atoms with Crippen LogP contribution in [0.5, 0.6) is 0 Å². The molecule has 2 aliphatic rings. The number of hydrogen-bond acceptors (Lipinski definition) is 1. The molecule has 0 aromatic rings. The van der Waals surface area contributed by atoms with Gasteiger partial charge in [0, 0.05) is 5.92 Å². The van der Waals surface area contributed by atoms with Crippen LogP contribution in [0.1, 0.15) is 84.5 Å². The molecule has 2 atom stereocenters. The molecular weight excluding hydrogens is 244 g/mol. The van der Waals surface area contributed by atoms with E-state index in [-0.39, 0.29) is 6.10 Å². The fourth-order valence-electron chi connectivity index (χ4n) is 4.02. The van der Waals surface area contributed by atoms with Crippen molar-refractivity contribution in [2.75, 3.05) is 0 Å². The Labute approximate surface area is 125 Å². The summed E-state index contributed by atoms with van der Waals surface area (Å²) in [6.07, 6.45) is 15.7. The van der Waals surface area contributed by atoms with Crippen molar-refractivity contribution >= 4 is 0 Å². The first kappa shape index (κ1) is 15.8.